The van der Waals surface area contributed by atoms with Gasteiger partial charge < -0.3 is 5.73 Å². The number of hydrogen-bond donors (Lipinski definition) is 1. The summed E-state index contributed by atoms with van der Waals surface area (Å²) in [6, 6.07) is 7.20. The van der Waals surface area contributed by atoms with Crippen LogP contribution in [0.4, 0.5) is 5.69 Å². The first-order valence-corrected chi connectivity index (χ1v) is 7.25. The van der Waals surface area contributed by atoms with E-state index >= 15 is 0 Å². The minimum Gasteiger partial charge on any atom is -0.398 e. The zero-order chi connectivity index (χ0) is 12.7. The van der Waals surface area contributed by atoms with Gasteiger partial charge in [-0.05, 0) is 48.3 Å². The Balaban J connectivity index is 1.66. The molecule has 0 bridgehead atoms. The van der Waals surface area contributed by atoms with Gasteiger partial charge in [0.1, 0.15) is 0 Å². The molecule has 1 saturated carbocycles. The lowest BCUT2D eigenvalue weighted by Gasteiger charge is -2.46. The molecule has 98 valence electrons. The highest BCUT2D eigenvalue weighted by Gasteiger charge is 2.36. The third kappa shape index (κ3) is 2.03. The summed E-state index contributed by atoms with van der Waals surface area (Å²) in [4.78, 5) is 2.67. The lowest BCUT2D eigenvalue weighted by atomic mass is 9.72. The average Bonchev–Trinajstić information content (AvgIpc) is 2.26. The maximum atomic E-state index is 6.05. The largest absolute Gasteiger partial charge is 0.398 e. The van der Waals surface area contributed by atoms with Gasteiger partial charge in [-0.1, -0.05) is 26.0 Å². The molecular weight excluding hydrogens is 220 g/mol. The van der Waals surface area contributed by atoms with Crippen molar-refractivity contribution >= 4 is 5.69 Å². The smallest absolute Gasteiger partial charge is 0.0350 e. The maximum Gasteiger partial charge on any atom is 0.0350 e. The summed E-state index contributed by atoms with van der Waals surface area (Å²) in [6.45, 7) is 7.01. The zero-order valence-electron chi connectivity index (χ0n) is 11.5. The number of anilines is 1. The van der Waals surface area contributed by atoms with Gasteiger partial charge >= 0.3 is 0 Å². The molecule has 0 aromatic heterocycles. The standard InChI is InChI=1S/C16H24N2/c1-11(2)13-8-14(9-13)18-7-6-15-12(10-18)4-3-5-16(15)17/h3-5,11,13-14H,6-10,17H2,1-2H3. The van der Waals surface area contributed by atoms with E-state index in [2.05, 4.69) is 30.9 Å². The number of nitrogens with zero attached hydrogens (tertiary/aromatic N) is 1. The lowest BCUT2D eigenvalue weighted by molar-refractivity contribution is 0.0462. The van der Waals surface area contributed by atoms with Gasteiger partial charge in [-0.3, -0.25) is 4.90 Å². The van der Waals surface area contributed by atoms with Crippen LogP contribution in [0.5, 0.6) is 0 Å². The third-order valence-corrected chi connectivity index (χ3v) is 4.94. The van der Waals surface area contributed by atoms with Crippen LogP contribution >= 0.6 is 0 Å². The van der Waals surface area contributed by atoms with Crippen molar-refractivity contribution < 1.29 is 0 Å². The van der Waals surface area contributed by atoms with Crippen LogP contribution in [0.2, 0.25) is 0 Å². The fourth-order valence-electron chi connectivity index (χ4n) is 3.44. The number of fused-ring (bicyclic) bond motifs is 1. The molecule has 2 heteroatoms. The van der Waals surface area contributed by atoms with Crippen molar-refractivity contribution in [1.29, 1.82) is 0 Å². The van der Waals surface area contributed by atoms with Crippen LogP contribution < -0.4 is 5.73 Å². The minimum atomic E-state index is 0.826. The van der Waals surface area contributed by atoms with Gasteiger partial charge in [-0.15, -0.1) is 0 Å². The second kappa shape index (κ2) is 4.58. The van der Waals surface area contributed by atoms with Gasteiger partial charge in [0, 0.05) is 24.8 Å². The molecule has 18 heavy (non-hydrogen) atoms. The number of rotatable bonds is 2. The van der Waals surface area contributed by atoms with E-state index in [-0.39, 0.29) is 0 Å². The molecule has 0 amide bonds. The van der Waals surface area contributed by atoms with Crippen molar-refractivity contribution in [3.8, 4) is 0 Å². The summed E-state index contributed by atoms with van der Waals surface area (Å²) in [5.41, 5.74) is 9.89. The molecule has 0 atom stereocenters. The number of hydrogen-bond acceptors (Lipinski definition) is 2. The van der Waals surface area contributed by atoms with Gasteiger partial charge in [0.05, 0.1) is 0 Å². The van der Waals surface area contributed by atoms with Crippen LogP contribution in [0.1, 0.15) is 37.8 Å². The molecule has 0 unspecified atom stereocenters. The number of nitrogen functional groups attached to an aromatic ring is 1. The van der Waals surface area contributed by atoms with Crippen LogP contribution in [0.25, 0.3) is 0 Å². The predicted octanol–water partition coefficient (Wildman–Crippen LogP) is 3.06. The van der Waals surface area contributed by atoms with E-state index in [1.807, 2.05) is 6.07 Å². The topological polar surface area (TPSA) is 29.3 Å². The molecule has 0 radical (unpaired) electrons. The van der Waals surface area contributed by atoms with E-state index in [0.29, 0.717) is 0 Å². The number of benzene rings is 1. The molecule has 0 spiro atoms. The normalized spacial score (nSPS) is 27.9. The number of nitrogens with two attached hydrogens (primary N) is 1. The van der Waals surface area contributed by atoms with Crippen molar-refractivity contribution in [1.82, 2.24) is 4.90 Å². The lowest BCUT2D eigenvalue weighted by Crippen LogP contribution is -2.48. The summed E-state index contributed by atoms with van der Waals surface area (Å²) >= 11 is 0. The Kier molecular flexibility index (Phi) is 3.06. The van der Waals surface area contributed by atoms with E-state index in [4.69, 9.17) is 5.73 Å². The SMILES string of the molecule is CC(C)C1CC(N2CCc3c(N)cccc3C2)C1. The van der Waals surface area contributed by atoms with Crippen molar-refractivity contribution in [2.75, 3.05) is 12.3 Å². The summed E-state index contributed by atoms with van der Waals surface area (Å²) < 4.78 is 0. The molecule has 1 fully saturated rings. The molecular formula is C16H24N2. The first-order valence-electron chi connectivity index (χ1n) is 7.25. The van der Waals surface area contributed by atoms with Crippen molar-refractivity contribution in [2.45, 2.75) is 45.7 Å². The van der Waals surface area contributed by atoms with E-state index in [1.54, 1.807) is 0 Å². The van der Waals surface area contributed by atoms with E-state index in [9.17, 15) is 0 Å². The van der Waals surface area contributed by atoms with Gasteiger partial charge in [0.2, 0.25) is 0 Å². The Morgan fingerprint density at radius 1 is 1.28 bits per heavy atom. The van der Waals surface area contributed by atoms with E-state index in [0.717, 1.165) is 36.5 Å². The highest BCUT2D eigenvalue weighted by molar-refractivity contribution is 5.51. The van der Waals surface area contributed by atoms with Gasteiger partial charge in [-0.25, -0.2) is 0 Å². The Morgan fingerprint density at radius 3 is 2.78 bits per heavy atom. The monoisotopic (exact) mass is 244 g/mol. The summed E-state index contributed by atoms with van der Waals surface area (Å²) in [5, 5.41) is 0. The van der Waals surface area contributed by atoms with Crippen LogP contribution in [0.15, 0.2) is 18.2 Å². The molecule has 2 N–H and O–H groups in total. The quantitative estimate of drug-likeness (QED) is 0.810. The molecule has 1 heterocycles. The first kappa shape index (κ1) is 12.0. The molecule has 2 aliphatic rings. The van der Waals surface area contributed by atoms with Crippen molar-refractivity contribution in [2.24, 2.45) is 11.8 Å². The maximum absolute atomic E-state index is 6.05. The summed E-state index contributed by atoms with van der Waals surface area (Å²) in [6.07, 6.45) is 3.93. The first-order chi connectivity index (χ1) is 8.65. The van der Waals surface area contributed by atoms with E-state index < -0.39 is 0 Å². The third-order valence-electron chi connectivity index (χ3n) is 4.94. The van der Waals surface area contributed by atoms with Crippen LogP contribution in [0, 0.1) is 11.8 Å². The molecule has 0 saturated heterocycles. The predicted molar refractivity (Wildman–Crippen MR) is 76.3 cm³/mol. The second-order valence-corrected chi connectivity index (χ2v) is 6.33. The van der Waals surface area contributed by atoms with Gasteiger partial charge in [0.25, 0.3) is 0 Å². The summed E-state index contributed by atoms with van der Waals surface area (Å²) in [5.74, 6) is 1.81. The fourth-order valence-corrected chi connectivity index (χ4v) is 3.44. The van der Waals surface area contributed by atoms with Gasteiger partial charge in [0.15, 0.2) is 0 Å². The van der Waals surface area contributed by atoms with Crippen LogP contribution in [0.3, 0.4) is 0 Å². The van der Waals surface area contributed by atoms with Crippen LogP contribution in [-0.2, 0) is 13.0 Å². The zero-order valence-corrected chi connectivity index (χ0v) is 11.5. The average molecular weight is 244 g/mol. The summed E-state index contributed by atoms with van der Waals surface area (Å²) in [7, 11) is 0. The molecule has 1 aliphatic carbocycles. The Bertz CT molecular complexity index is 433. The molecule has 2 nitrogen and oxygen atoms in total. The van der Waals surface area contributed by atoms with Crippen LogP contribution in [-0.4, -0.2) is 17.5 Å². The fraction of sp³-hybridized carbons (Fsp3) is 0.625. The Labute approximate surface area is 110 Å². The molecule has 1 aliphatic heterocycles. The van der Waals surface area contributed by atoms with Gasteiger partial charge in [-0.2, -0.15) is 0 Å². The van der Waals surface area contributed by atoms with Crippen molar-refractivity contribution in [3.63, 3.8) is 0 Å². The highest BCUT2D eigenvalue weighted by atomic mass is 15.2. The Hall–Kier alpha value is -1.02. The molecule has 1 aromatic rings. The molecule has 1 aromatic carbocycles. The minimum absolute atomic E-state index is 0.826. The Morgan fingerprint density at radius 2 is 2.06 bits per heavy atom. The molecule has 3 rings (SSSR count). The highest BCUT2D eigenvalue weighted by Crippen LogP contribution is 2.39. The second-order valence-electron chi connectivity index (χ2n) is 6.33. The van der Waals surface area contributed by atoms with E-state index in [1.165, 1.54) is 30.5 Å². The van der Waals surface area contributed by atoms with Crippen molar-refractivity contribution in [3.05, 3.63) is 29.3 Å².